The van der Waals surface area contributed by atoms with Gasteiger partial charge in [0.25, 0.3) is 0 Å². The molecule has 0 atom stereocenters. The minimum atomic E-state index is 0.586. The summed E-state index contributed by atoms with van der Waals surface area (Å²) in [5.74, 6) is 0.774. The number of aryl methyl sites for hydroxylation is 3. The van der Waals surface area contributed by atoms with Gasteiger partial charge in [-0.2, -0.15) is 5.10 Å². The molecular weight excluding hydrogens is 202 g/mol. The smallest absolute Gasteiger partial charge is 0.156 e. The van der Waals surface area contributed by atoms with E-state index in [1.54, 1.807) is 10.9 Å². The molecule has 0 unspecified atom stereocenters. The van der Waals surface area contributed by atoms with Gasteiger partial charge in [0.2, 0.25) is 0 Å². The first-order valence-corrected chi connectivity index (χ1v) is 5.07. The Morgan fingerprint density at radius 1 is 1.25 bits per heavy atom. The molecule has 0 bridgehead atoms. The highest BCUT2D eigenvalue weighted by Crippen LogP contribution is 2.14. The number of carbonyl (C=O) groups excluding carboxylic acids is 1. The number of pyridine rings is 1. The largest absolute Gasteiger partial charge is 0.298 e. The van der Waals surface area contributed by atoms with Crippen molar-refractivity contribution in [3.8, 4) is 5.82 Å². The van der Waals surface area contributed by atoms with Crippen LogP contribution in [0.4, 0.5) is 0 Å². The topological polar surface area (TPSA) is 47.8 Å². The van der Waals surface area contributed by atoms with E-state index in [1.165, 1.54) is 0 Å². The van der Waals surface area contributed by atoms with E-state index in [-0.39, 0.29) is 0 Å². The first-order chi connectivity index (χ1) is 7.61. The van der Waals surface area contributed by atoms with E-state index in [1.807, 2.05) is 32.9 Å². The van der Waals surface area contributed by atoms with Crippen molar-refractivity contribution in [2.45, 2.75) is 20.8 Å². The van der Waals surface area contributed by atoms with E-state index in [9.17, 15) is 4.79 Å². The summed E-state index contributed by atoms with van der Waals surface area (Å²) >= 11 is 0. The van der Waals surface area contributed by atoms with Crippen molar-refractivity contribution in [1.29, 1.82) is 0 Å². The Hall–Kier alpha value is -1.97. The SMILES string of the molecule is Cc1cc(C)n(-c2ncc(C=O)cc2C)n1. The minimum Gasteiger partial charge on any atom is -0.298 e. The van der Waals surface area contributed by atoms with Crippen molar-refractivity contribution >= 4 is 6.29 Å². The van der Waals surface area contributed by atoms with Crippen LogP contribution < -0.4 is 0 Å². The molecule has 2 aromatic rings. The van der Waals surface area contributed by atoms with Gasteiger partial charge in [-0.25, -0.2) is 9.67 Å². The van der Waals surface area contributed by atoms with Crippen molar-refractivity contribution < 1.29 is 4.79 Å². The fourth-order valence-electron chi connectivity index (χ4n) is 1.72. The summed E-state index contributed by atoms with van der Waals surface area (Å²) in [6, 6.07) is 3.81. The lowest BCUT2D eigenvalue weighted by Gasteiger charge is -2.06. The summed E-state index contributed by atoms with van der Waals surface area (Å²) in [6.45, 7) is 5.85. The van der Waals surface area contributed by atoms with Gasteiger partial charge in [0.05, 0.1) is 5.69 Å². The summed E-state index contributed by atoms with van der Waals surface area (Å²) in [4.78, 5) is 14.9. The van der Waals surface area contributed by atoms with Crippen molar-refractivity contribution in [3.63, 3.8) is 0 Å². The summed E-state index contributed by atoms with van der Waals surface area (Å²) in [5, 5.41) is 4.36. The minimum absolute atomic E-state index is 0.586. The Morgan fingerprint density at radius 3 is 2.50 bits per heavy atom. The Bertz CT molecular complexity index is 543. The maximum atomic E-state index is 10.6. The van der Waals surface area contributed by atoms with Crippen LogP contribution in [-0.2, 0) is 0 Å². The summed E-state index contributed by atoms with van der Waals surface area (Å²) in [5.41, 5.74) is 3.52. The van der Waals surface area contributed by atoms with Crippen molar-refractivity contribution in [2.24, 2.45) is 0 Å². The molecule has 2 aromatic heterocycles. The predicted molar refractivity (Wildman–Crippen MR) is 61.0 cm³/mol. The summed E-state index contributed by atoms with van der Waals surface area (Å²) < 4.78 is 1.79. The number of aromatic nitrogens is 3. The third kappa shape index (κ3) is 1.74. The van der Waals surface area contributed by atoms with Crippen LogP contribution in [0.2, 0.25) is 0 Å². The molecule has 0 N–H and O–H groups in total. The zero-order chi connectivity index (χ0) is 11.7. The van der Waals surface area contributed by atoms with Gasteiger partial charge in [-0.05, 0) is 38.5 Å². The zero-order valence-corrected chi connectivity index (χ0v) is 9.56. The van der Waals surface area contributed by atoms with Crippen LogP contribution >= 0.6 is 0 Å². The second-order valence-electron chi connectivity index (χ2n) is 3.87. The van der Waals surface area contributed by atoms with Crippen LogP contribution in [-0.4, -0.2) is 21.1 Å². The number of hydrogen-bond acceptors (Lipinski definition) is 3. The molecular formula is C12H13N3O. The lowest BCUT2D eigenvalue weighted by Crippen LogP contribution is -2.05. The number of rotatable bonds is 2. The second kappa shape index (κ2) is 3.89. The molecule has 4 heteroatoms. The third-order valence-corrected chi connectivity index (χ3v) is 2.42. The molecule has 0 amide bonds. The molecule has 0 saturated carbocycles. The average molecular weight is 215 g/mol. The third-order valence-electron chi connectivity index (χ3n) is 2.42. The van der Waals surface area contributed by atoms with Crippen molar-refractivity contribution in [2.75, 3.05) is 0 Å². The zero-order valence-electron chi connectivity index (χ0n) is 9.56. The maximum absolute atomic E-state index is 10.6. The Morgan fingerprint density at radius 2 is 2.00 bits per heavy atom. The molecule has 0 aliphatic heterocycles. The Labute approximate surface area is 93.9 Å². The molecule has 82 valence electrons. The van der Waals surface area contributed by atoms with Crippen LogP contribution in [0, 0.1) is 20.8 Å². The standard InChI is InChI=1S/C12H13N3O/c1-8-4-11(7-16)6-13-12(8)15-10(3)5-9(2)14-15/h4-7H,1-3H3. The van der Waals surface area contributed by atoms with Gasteiger partial charge < -0.3 is 0 Å². The van der Waals surface area contributed by atoms with Gasteiger partial charge in [-0.15, -0.1) is 0 Å². The Kier molecular flexibility index (Phi) is 2.56. The Balaban J connectivity index is 2.56. The van der Waals surface area contributed by atoms with E-state index in [0.29, 0.717) is 5.56 Å². The fourth-order valence-corrected chi connectivity index (χ4v) is 1.72. The quantitative estimate of drug-likeness (QED) is 0.720. The fraction of sp³-hybridized carbons (Fsp3) is 0.250. The van der Waals surface area contributed by atoms with Gasteiger partial charge in [0.1, 0.15) is 0 Å². The molecule has 16 heavy (non-hydrogen) atoms. The lowest BCUT2D eigenvalue weighted by molar-refractivity contribution is 0.112. The normalized spacial score (nSPS) is 10.4. The maximum Gasteiger partial charge on any atom is 0.156 e. The molecule has 0 aromatic carbocycles. The van der Waals surface area contributed by atoms with E-state index >= 15 is 0 Å². The lowest BCUT2D eigenvalue weighted by atomic mass is 10.2. The highest BCUT2D eigenvalue weighted by atomic mass is 16.1. The number of hydrogen-bond donors (Lipinski definition) is 0. The summed E-state index contributed by atoms with van der Waals surface area (Å²) in [7, 11) is 0. The van der Waals surface area contributed by atoms with Gasteiger partial charge >= 0.3 is 0 Å². The van der Waals surface area contributed by atoms with E-state index in [0.717, 1.165) is 29.1 Å². The van der Waals surface area contributed by atoms with Gasteiger partial charge in [0, 0.05) is 17.5 Å². The highest BCUT2D eigenvalue weighted by Gasteiger charge is 2.08. The van der Waals surface area contributed by atoms with Crippen LogP contribution in [0.1, 0.15) is 27.3 Å². The molecule has 0 aliphatic carbocycles. The van der Waals surface area contributed by atoms with Gasteiger partial charge in [-0.3, -0.25) is 4.79 Å². The van der Waals surface area contributed by atoms with Gasteiger partial charge in [0.15, 0.2) is 12.1 Å². The van der Waals surface area contributed by atoms with E-state index < -0.39 is 0 Å². The van der Waals surface area contributed by atoms with Crippen molar-refractivity contribution in [3.05, 3.63) is 40.8 Å². The number of aldehydes is 1. The van der Waals surface area contributed by atoms with Crippen LogP contribution in [0.5, 0.6) is 0 Å². The van der Waals surface area contributed by atoms with E-state index in [2.05, 4.69) is 10.1 Å². The first-order valence-electron chi connectivity index (χ1n) is 5.07. The molecule has 2 rings (SSSR count). The summed E-state index contributed by atoms with van der Waals surface area (Å²) in [6.07, 6.45) is 2.36. The molecule has 0 radical (unpaired) electrons. The molecule has 0 aliphatic rings. The first kappa shape index (κ1) is 10.5. The second-order valence-corrected chi connectivity index (χ2v) is 3.87. The monoisotopic (exact) mass is 215 g/mol. The molecule has 0 fully saturated rings. The highest BCUT2D eigenvalue weighted by molar-refractivity contribution is 5.74. The van der Waals surface area contributed by atoms with Gasteiger partial charge in [-0.1, -0.05) is 0 Å². The predicted octanol–water partition coefficient (Wildman–Crippen LogP) is 2.01. The number of carbonyl (C=O) groups is 1. The van der Waals surface area contributed by atoms with Crippen LogP contribution in [0.25, 0.3) is 5.82 Å². The van der Waals surface area contributed by atoms with E-state index in [4.69, 9.17) is 0 Å². The average Bonchev–Trinajstić information content (AvgIpc) is 2.57. The van der Waals surface area contributed by atoms with Crippen LogP contribution in [0.15, 0.2) is 18.3 Å². The molecule has 0 saturated heterocycles. The molecule has 2 heterocycles. The van der Waals surface area contributed by atoms with Crippen molar-refractivity contribution in [1.82, 2.24) is 14.8 Å². The molecule has 0 spiro atoms. The molecule has 4 nitrogen and oxygen atoms in total. The van der Waals surface area contributed by atoms with Crippen LogP contribution in [0.3, 0.4) is 0 Å². The number of nitrogens with zero attached hydrogens (tertiary/aromatic N) is 3.